The Hall–Kier alpha value is -0.810. The second kappa shape index (κ2) is 10.9. The van der Waals surface area contributed by atoms with Crippen LogP contribution in [0.4, 0.5) is 0 Å². The fraction of sp³-hybridized carbons (Fsp3) is 0.588. The van der Waals surface area contributed by atoms with Crippen LogP contribution in [0, 0.1) is 0 Å². The van der Waals surface area contributed by atoms with Gasteiger partial charge >= 0.3 is 0 Å². The maximum absolute atomic E-state index is 12.8. The molecule has 0 radical (unpaired) electrons. The molecule has 0 spiro atoms. The van der Waals surface area contributed by atoms with Gasteiger partial charge in [-0.3, -0.25) is 9.69 Å². The lowest BCUT2D eigenvalue weighted by Crippen LogP contribution is -2.54. The predicted octanol–water partition coefficient (Wildman–Crippen LogP) is 2.78. The molecule has 0 aromatic heterocycles. The van der Waals surface area contributed by atoms with Crippen LogP contribution in [0.25, 0.3) is 0 Å². The molecule has 1 aromatic rings. The smallest absolute Gasteiger partial charge is 0.242 e. The maximum atomic E-state index is 12.8. The van der Waals surface area contributed by atoms with E-state index in [1.165, 1.54) is 0 Å². The summed E-state index contributed by atoms with van der Waals surface area (Å²) in [5, 5.41) is 6.67. The molecule has 1 fully saturated rings. The summed E-state index contributed by atoms with van der Waals surface area (Å²) in [6, 6.07) is 10.4. The van der Waals surface area contributed by atoms with E-state index in [1.54, 1.807) is 0 Å². The van der Waals surface area contributed by atoms with Crippen molar-refractivity contribution in [3.8, 4) is 0 Å². The molecule has 1 aliphatic heterocycles. The van der Waals surface area contributed by atoms with E-state index in [4.69, 9.17) is 0 Å². The summed E-state index contributed by atoms with van der Waals surface area (Å²) in [5.74, 6) is 0.103. The molecule has 1 aliphatic rings. The lowest BCUT2D eigenvalue weighted by Gasteiger charge is -2.33. The van der Waals surface area contributed by atoms with Gasteiger partial charge in [-0.25, -0.2) is 0 Å². The van der Waals surface area contributed by atoms with Gasteiger partial charge in [-0.05, 0) is 45.5 Å². The summed E-state index contributed by atoms with van der Waals surface area (Å²) in [7, 11) is 2.00. The van der Waals surface area contributed by atoms with Crippen LogP contribution in [0.1, 0.15) is 38.3 Å². The van der Waals surface area contributed by atoms with Crippen molar-refractivity contribution in [1.29, 1.82) is 0 Å². The van der Waals surface area contributed by atoms with Crippen molar-refractivity contribution in [2.24, 2.45) is 0 Å². The van der Waals surface area contributed by atoms with E-state index < -0.39 is 0 Å². The fourth-order valence-corrected chi connectivity index (χ4v) is 2.93. The monoisotopic (exact) mass is 361 g/mol. The molecule has 3 unspecified atom stereocenters. The third kappa shape index (κ3) is 5.96. The van der Waals surface area contributed by atoms with Gasteiger partial charge in [0, 0.05) is 12.1 Å². The average molecular weight is 362 g/mol. The SMILES string of the molecule is CCN(C)C(C(=O)NC1CCCNC1C)c1ccccc1.Cl.Cl. The number of rotatable bonds is 5. The van der Waals surface area contributed by atoms with Crippen molar-refractivity contribution in [3.05, 3.63) is 35.9 Å². The van der Waals surface area contributed by atoms with E-state index in [-0.39, 0.29) is 42.8 Å². The van der Waals surface area contributed by atoms with Gasteiger partial charge in [0.2, 0.25) is 5.91 Å². The van der Waals surface area contributed by atoms with Gasteiger partial charge in [-0.1, -0.05) is 37.3 Å². The largest absolute Gasteiger partial charge is 0.350 e. The zero-order valence-electron chi connectivity index (χ0n) is 14.1. The number of carbonyl (C=O) groups excluding carboxylic acids is 1. The highest BCUT2D eigenvalue weighted by Crippen LogP contribution is 2.20. The van der Waals surface area contributed by atoms with Gasteiger partial charge in [-0.2, -0.15) is 0 Å². The quantitative estimate of drug-likeness (QED) is 0.847. The molecule has 2 N–H and O–H groups in total. The molecule has 1 aromatic carbocycles. The number of amides is 1. The zero-order valence-corrected chi connectivity index (χ0v) is 15.8. The van der Waals surface area contributed by atoms with Crippen LogP contribution in [0.2, 0.25) is 0 Å². The normalized spacial score (nSPS) is 21.7. The minimum Gasteiger partial charge on any atom is -0.350 e. The summed E-state index contributed by atoms with van der Waals surface area (Å²) >= 11 is 0. The Bertz CT molecular complexity index is 458. The lowest BCUT2D eigenvalue weighted by atomic mass is 9.98. The van der Waals surface area contributed by atoms with Crippen LogP contribution in [-0.2, 0) is 4.79 Å². The number of hydrogen-bond donors (Lipinski definition) is 2. The third-order valence-electron chi connectivity index (χ3n) is 4.39. The second-order valence-corrected chi connectivity index (χ2v) is 5.89. The van der Waals surface area contributed by atoms with E-state index in [0.717, 1.165) is 31.5 Å². The van der Waals surface area contributed by atoms with Crippen molar-refractivity contribution in [1.82, 2.24) is 15.5 Å². The van der Waals surface area contributed by atoms with Crippen LogP contribution in [0.3, 0.4) is 0 Å². The van der Waals surface area contributed by atoms with E-state index >= 15 is 0 Å². The van der Waals surface area contributed by atoms with Crippen molar-refractivity contribution < 1.29 is 4.79 Å². The Morgan fingerprint density at radius 1 is 1.35 bits per heavy atom. The fourth-order valence-electron chi connectivity index (χ4n) is 2.93. The summed E-state index contributed by atoms with van der Waals surface area (Å²) in [5.41, 5.74) is 1.05. The van der Waals surface area contributed by atoms with Gasteiger partial charge in [-0.15, -0.1) is 24.8 Å². The van der Waals surface area contributed by atoms with Gasteiger partial charge in [0.15, 0.2) is 0 Å². The van der Waals surface area contributed by atoms with Crippen molar-refractivity contribution in [2.75, 3.05) is 20.1 Å². The third-order valence-corrected chi connectivity index (χ3v) is 4.39. The van der Waals surface area contributed by atoms with Crippen molar-refractivity contribution in [3.63, 3.8) is 0 Å². The van der Waals surface area contributed by atoms with E-state index in [0.29, 0.717) is 6.04 Å². The lowest BCUT2D eigenvalue weighted by molar-refractivity contribution is -0.127. The maximum Gasteiger partial charge on any atom is 0.242 e. The topological polar surface area (TPSA) is 44.4 Å². The first-order valence-corrected chi connectivity index (χ1v) is 7.92. The first kappa shape index (κ1) is 22.2. The van der Waals surface area contributed by atoms with Crippen LogP contribution in [0.5, 0.6) is 0 Å². The molecule has 2 rings (SSSR count). The van der Waals surface area contributed by atoms with Crippen LogP contribution >= 0.6 is 24.8 Å². The number of halogens is 2. The average Bonchev–Trinajstić information content (AvgIpc) is 2.50. The zero-order chi connectivity index (χ0) is 15.2. The molecule has 23 heavy (non-hydrogen) atoms. The minimum absolute atomic E-state index is 0. The Kier molecular flexibility index (Phi) is 10.5. The van der Waals surface area contributed by atoms with E-state index in [2.05, 4.69) is 29.4 Å². The molecule has 6 heteroatoms. The highest BCUT2D eigenvalue weighted by molar-refractivity contribution is 5.85. The number of nitrogens with one attached hydrogen (secondary N) is 2. The first-order chi connectivity index (χ1) is 10.1. The van der Waals surface area contributed by atoms with Crippen LogP contribution in [0.15, 0.2) is 30.3 Å². The van der Waals surface area contributed by atoms with Gasteiger partial charge in [0.1, 0.15) is 6.04 Å². The van der Waals surface area contributed by atoms with E-state index in [1.807, 2.05) is 37.4 Å². The van der Waals surface area contributed by atoms with E-state index in [9.17, 15) is 4.79 Å². The Labute approximate surface area is 152 Å². The number of likely N-dealkylation sites (N-methyl/N-ethyl adjacent to an activating group) is 1. The predicted molar refractivity (Wildman–Crippen MR) is 101 cm³/mol. The van der Waals surface area contributed by atoms with Gasteiger partial charge in [0.25, 0.3) is 0 Å². The Morgan fingerprint density at radius 2 is 2.00 bits per heavy atom. The molecule has 4 nitrogen and oxygen atoms in total. The van der Waals surface area contributed by atoms with Crippen molar-refractivity contribution in [2.45, 2.75) is 44.8 Å². The molecule has 1 amide bonds. The number of nitrogens with zero attached hydrogens (tertiary/aromatic N) is 1. The number of hydrogen-bond acceptors (Lipinski definition) is 3. The Balaban J connectivity index is 0.00000242. The molecule has 1 heterocycles. The molecule has 3 atom stereocenters. The highest BCUT2D eigenvalue weighted by atomic mass is 35.5. The first-order valence-electron chi connectivity index (χ1n) is 7.92. The summed E-state index contributed by atoms with van der Waals surface area (Å²) in [6.45, 7) is 6.11. The molecule has 1 saturated heterocycles. The highest BCUT2D eigenvalue weighted by Gasteiger charge is 2.29. The van der Waals surface area contributed by atoms with Crippen molar-refractivity contribution >= 4 is 30.7 Å². The standard InChI is InChI=1S/C17H27N3O.2ClH/c1-4-20(3)16(14-9-6-5-7-10-14)17(21)19-15-11-8-12-18-13(15)2;;/h5-7,9-10,13,15-16,18H,4,8,11-12H2,1-3H3,(H,19,21);2*1H. The molecule has 0 bridgehead atoms. The summed E-state index contributed by atoms with van der Waals surface area (Å²) in [6.07, 6.45) is 2.17. The second-order valence-electron chi connectivity index (χ2n) is 5.89. The molecule has 0 aliphatic carbocycles. The van der Waals surface area contributed by atoms with Gasteiger partial charge in [0.05, 0.1) is 0 Å². The number of benzene rings is 1. The van der Waals surface area contributed by atoms with Gasteiger partial charge < -0.3 is 10.6 Å². The molecular weight excluding hydrogens is 333 g/mol. The molecular formula is C17H29Cl2N3O. The molecule has 0 saturated carbocycles. The summed E-state index contributed by atoms with van der Waals surface area (Å²) in [4.78, 5) is 14.9. The molecule has 132 valence electrons. The Morgan fingerprint density at radius 3 is 2.57 bits per heavy atom. The van der Waals surface area contributed by atoms with Crippen LogP contribution in [-0.4, -0.2) is 43.0 Å². The number of piperidine rings is 1. The summed E-state index contributed by atoms with van der Waals surface area (Å²) < 4.78 is 0. The van der Waals surface area contributed by atoms with Crippen LogP contribution < -0.4 is 10.6 Å². The number of carbonyl (C=O) groups is 1. The minimum atomic E-state index is -0.217.